The zero-order chi connectivity index (χ0) is 24.5. The maximum atomic E-state index is 14.7. The van der Waals surface area contributed by atoms with Crippen LogP contribution in [0.3, 0.4) is 0 Å². The largest absolute Gasteiger partial charge is 0.383 e. The molecule has 9 nitrogen and oxygen atoms in total. The van der Waals surface area contributed by atoms with Gasteiger partial charge in [-0.05, 0) is 37.3 Å². The number of carbonyl (C=O) groups excluding carboxylic acids is 1. The number of hydrogen-bond donors (Lipinski definition) is 3. The summed E-state index contributed by atoms with van der Waals surface area (Å²) < 4.78 is 30.8. The minimum absolute atomic E-state index is 0.0458. The maximum Gasteiger partial charge on any atom is 0.256 e. The van der Waals surface area contributed by atoms with E-state index < -0.39 is 29.2 Å². The molecule has 2 aromatic heterocycles. The highest BCUT2D eigenvalue weighted by molar-refractivity contribution is 6.30. The van der Waals surface area contributed by atoms with Gasteiger partial charge in [-0.2, -0.15) is 10.2 Å². The Kier molecular flexibility index (Phi) is 6.31. The number of nitrogens with two attached hydrogens (primary N) is 1. The van der Waals surface area contributed by atoms with E-state index in [1.54, 1.807) is 24.3 Å². The SMILES string of the molecule is C[C@@H](NC(=O)c1cnn(-c2ccc(Cl)cc2)c1N)[C@](O)(Cn1cncn1)c1ccc(F)cc1F. The van der Waals surface area contributed by atoms with E-state index in [0.717, 1.165) is 12.1 Å². The minimum atomic E-state index is -2.01. The van der Waals surface area contributed by atoms with E-state index in [0.29, 0.717) is 16.8 Å². The highest BCUT2D eigenvalue weighted by Gasteiger charge is 2.40. The number of aromatic nitrogens is 5. The van der Waals surface area contributed by atoms with E-state index in [4.69, 9.17) is 17.3 Å². The number of hydrogen-bond acceptors (Lipinski definition) is 6. The quantitative estimate of drug-likeness (QED) is 0.368. The molecule has 4 aromatic rings. The van der Waals surface area contributed by atoms with E-state index in [9.17, 15) is 18.7 Å². The smallest absolute Gasteiger partial charge is 0.256 e. The number of nitrogens with one attached hydrogen (secondary N) is 1. The normalized spacial score (nSPS) is 13.9. The van der Waals surface area contributed by atoms with Crippen molar-refractivity contribution in [1.82, 2.24) is 29.9 Å². The fraction of sp³-hybridized carbons (Fsp3) is 0.182. The summed E-state index contributed by atoms with van der Waals surface area (Å²) in [4.78, 5) is 16.8. The van der Waals surface area contributed by atoms with Crippen LogP contribution in [0, 0.1) is 11.6 Å². The van der Waals surface area contributed by atoms with Crippen LogP contribution in [-0.2, 0) is 12.1 Å². The Labute approximate surface area is 197 Å². The van der Waals surface area contributed by atoms with Gasteiger partial charge in [-0.1, -0.05) is 17.7 Å². The summed E-state index contributed by atoms with van der Waals surface area (Å²) in [7, 11) is 0. The molecule has 0 aliphatic heterocycles. The fourth-order valence-corrected chi connectivity index (χ4v) is 3.70. The van der Waals surface area contributed by atoms with Crippen LogP contribution in [0.2, 0.25) is 5.02 Å². The molecule has 0 saturated heterocycles. The van der Waals surface area contributed by atoms with E-state index in [1.165, 1.54) is 35.1 Å². The van der Waals surface area contributed by atoms with E-state index in [-0.39, 0.29) is 23.5 Å². The molecule has 0 radical (unpaired) electrons. The van der Waals surface area contributed by atoms with Crippen molar-refractivity contribution in [3.63, 3.8) is 0 Å². The lowest BCUT2D eigenvalue weighted by Gasteiger charge is -2.35. The van der Waals surface area contributed by atoms with Gasteiger partial charge < -0.3 is 16.2 Å². The molecule has 0 fully saturated rings. The summed E-state index contributed by atoms with van der Waals surface area (Å²) in [6.07, 6.45) is 3.85. The summed E-state index contributed by atoms with van der Waals surface area (Å²) in [5.74, 6) is -2.37. The number of halogens is 3. The first-order chi connectivity index (χ1) is 16.2. The molecule has 12 heteroatoms. The highest BCUT2D eigenvalue weighted by Crippen LogP contribution is 2.30. The fourth-order valence-electron chi connectivity index (χ4n) is 3.57. The van der Waals surface area contributed by atoms with E-state index >= 15 is 0 Å². The van der Waals surface area contributed by atoms with Gasteiger partial charge >= 0.3 is 0 Å². The number of nitrogen functional groups attached to an aromatic ring is 1. The van der Waals surface area contributed by atoms with Crippen LogP contribution in [0.25, 0.3) is 5.69 Å². The van der Waals surface area contributed by atoms with Crippen molar-refractivity contribution in [1.29, 1.82) is 0 Å². The maximum absolute atomic E-state index is 14.7. The Morgan fingerprint density at radius 1 is 1.24 bits per heavy atom. The lowest BCUT2D eigenvalue weighted by atomic mass is 9.86. The summed E-state index contributed by atoms with van der Waals surface area (Å²) in [6, 6.07) is 8.41. The molecule has 2 atom stereocenters. The third-order valence-electron chi connectivity index (χ3n) is 5.45. The molecule has 176 valence electrons. The summed E-state index contributed by atoms with van der Waals surface area (Å²) in [5, 5.41) is 22.8. The second-order valence-electron chi connectivity index (χ2n) is 7.67. The van der Waals surface area contributed by atoms with Gasteiger partial charge in [0.2, 0.25) is 0 Å². The molecule has 2 aromatic carbocycles. The van der Waals surface area contributed by atoms with Gasteiger partial charge in [0.05, 0.1) is 24.5 Å². The number of anilines is 1. The van der Waals surface area contributed by atoms with Crippen LogP contribution < -0.4 is 11.1 Å². The number of aliphatic hydroxyl groups is 1. The summed E-state index contributed by atoms with van der Waals surface area (Å²) >= 11 is 5.91. The van der Waals surface area contributed by atoms with Crippen LogP contribution in [0.5, 0.6) is 0 Å². The van der Waals surface area contributed by atoms with Crippen molar-refractivity contribution in [2.75, 3.05) is 5.73 Å². The van der Waals surface area contributed by atoms with E-state index in [1.807, 2.05) is 0 Å². The Hall–Kier alpha value is -3.83. The van der Waals surface area contributed by atoms with Crippen molar-refractivity contribution in [2.45, 2.75) is 25.1 Å². The second-order valence-corrected chi connectivity index (χ2v) is 8.10. The van der Waals surface area contributed by atoms with Gasteiger partial charge in [0.15, 0.2) is 0 Å². The first-order valence-corrected chi connectivity index (χ1v) is 10.5. The van der Waals surface area contributed by atoms with Crippen LogP contribution in [0.15, 0.2) is 61.3 Å². The summed E-state index contributed by atoms with van der Waals surface area (Å²) in [5.41, 5.74) is 4.54. The van der Waals surface area contributed by atoms with Crippen molar-refractivity contribution < 1.29 is 18.7 Å². The molecule has 0 bridgehead atoms. The highest BCUT2D eigenvalue weighted by atomic mass is 35.5. The Morgan fingerprint density at radius 2 is 1.97 bits per heavy atom. The van der Waals surface area contributed by atoms with Crippen LogP contribution in [-0.4, -0.2) is 41.6 Å². The van der Waals surface area contributed by atoms with Crippen molar-refractivity contribution in [2.24, 2.45) is 0 Å². The summed E-state index contributed by atoms with van der Waals surface area (Å²) in [6.45, 7) is 1.22. The average Bonchev–Trinajstić information content (AvgIpc) is 3.43. The third-order valence-corrected chi connectivity index (χ3v) is 5.71. The zero-order valence-electron chi connectivity index (χ0n) is 17.9. The Morgan fingerprint density at radius 3 is 2.62 bits per heavy atom. The van der Waals surface area contributed by atoms with Gasteiger partial charge in [-0.15, -0.1) is 0 Å². The minimum Gasteiger partial charge on any atom is -0.383 e. The first kappa shape index (κ1) is 23.3. The molecule has 34 heavy (non-hydrogen) atoms. The zero-order valence-corrected chi connectivity index (χ0v) is 18.6. The molecule has 4 N–H and O–H groups in total. The molecular weight excluding hydrogens is 468 g/mol. The van der Waals surface area contributed by atoms with Gasteiger partial charge in [-0.25, -0.2) is 23.1 Å². The Balaban J connectivity index is 1.63. The monoisotopic (exact) mass is 487 g/mol. The molecule has 2 heterocycles. The lowest BCUT2D eigenvalue weighted by molar-refractivity contribution is -0.0186. The van der Waals surface area contributed by atoms with Crippen molar-refractivity contribution in [3.8, 4) is 5.69 Å². The third kappa shape index (κ3) is 4.47. The topological polar surface area (TPSA) is 124 Å². The molecule has 0 unspecified atom stereocenters. The average molecular weight is 488 g/mol. The molecular formula is C22H20ClF2N7O2. The van der Waals surface area contributed by atoms with Crippen LogP contribution in [0.4, 0.5) is 14.6 Å². The molecule has 0 aliphatic rings. The van der Waals surface area contributed by atoms with Crippen molar-refractivity contribution in [3.05, 3.63) is 89.1 Å². The van der Waals surface area contributed by atoms with Gasteiger partial charge in [0.25, 0.3) is 5.91 Å². The van der Waals surface area contributed by atoms with Crippen LogP contribution >= 0.6 is 11.6 Å². The molecule has 0 spiro atoms. The predicted molar refractivity (Wildman–Crippen MR) is 120 cm³/mol. The molecule has 0 aliphatic carbocycles. The molecule has 1 amide bonds. The van der Waals surface area contributed by atoms with Crippen LogP contribution in [0.1, 0.15) is 22.8 Å². The second kappa shape index (κ2) is 9.20. The number of amides is 1. The Bertz CT molecular complexity index is 1310. The number of benzene rings is 2. The molecule has 0 saturated carbocycles. The first-order valence-electron chi connectivity index (χ1n) is 10.1. The van der Waals surface area contributed by atoms with Gasteiger partial charge in [0, 0.05) is 16.7 Å². The number of rotatable bonds is 7. The van der Waals surface area contributed by atoms with E-state index in [2.05, 4.69) is 20.5 Å². The predicted octanol–water partition coefficient (Wildman–Crippen LogP) is 2.68. The van der Waals surface area contributed by atoms with Gasteiger partial charge in [0.1, 0.15) is 41.3 Å². The lowest BCUT2D eigenvalue weighted by Crippen LogP contribution is -2.51. The number of nitrogens with zero attached hydrogens (tertiary/aromatic N) is 5. The molecule has 4 rings (SSSR count). The van der Waals surface area contributed by atoms with Gasteiger partial charge in [-0.3, -0.25) is 4.79 Å². The standard InChI is InChI=1S/C22H20ClF2N7O2/c1-13(22(34,10-31-12-27-11-29-31)18-7-4-15(24)8-19(18)25)30-21(33)17-9-28-32(20(17)26)16-5-2-14(23)3-6-16/h2-9,11-13,34H,10,26H2,1H3,(H,30,33)/t13-,22-/m1/s1. The van der Waals surface area contributed by atoms with Crippen molar-refractivity contribution >= 4 is 23.3 Å². The number of carbonyl (C=O) groups is 1.